The molecule has 156 valence electrons. The SMILES string of the molecule is O=C(CC1SC(=NN=Cc2ccccc2O)NC1=O)Nc1ccccc1C(F)(F)F. The van der Waals surface area contributed by atoms with Gasteiger partial charge in [0, 0.05) is 12.0 Å². The van der Waals surface area contributed by atoms with E-state index in [1.807, 2.05) is 0 Å². The first-order valence-corrected chi connectivity index (χ1v) is 9.44. The fourth-order valence-corrected chi connectivity index (χ4v) is 3.46. The van der Waals surface area contributed by atoms with Crippen molar-refractivity contribution >= 4 is 40.6 Å². The van der Waals surface area contributed by atoms with Gasteiger partial charge in [-0.25, -0.2) is 0 Å². The molecule has 1 saturated heterocycles. The maximum atomic E-state index is 13.0. The van der Waals surface area contributed by atoms with Crippen molar-refractivity contribution in [3.8, 4) is 5.75 Å². The topological polar surface area (TPSA) is 103 Å². The Bertz CT molecular complexity index is 1020. The van der Waals surface area contributed by atoms with Gasteiger partial charge >= 0.3 is 6.18 Å². The highest BCUT2D eigenvalue weighted by molar-refractivity contribution is 8.15. The second-order valence-corrected chi connectivity index (χ2v) is 7.29. The second kappa shape index (κ2) is 8.99. The van der Waals surface area contributed by atoms with Crippen LogP contribution >= 0.6 is 11.8 Å². The summed E-state index contributed by atoms with van der Waals surface area (Å²) in [6.07, 6.45) is -3.66. The molecule has 0 saturated carbocycles. The fraction of sp³-hybridized carbons (Fsp3) is 0.158. The number of alkyl halides is 3. The number of carbonyl (C=O) groups is 2. The standard InChI is InChI=1S/C19H15F3N4O3S/c20-19(21,22)12-6-2-3-7-13(12)24-16(28)9-15-17(29)25-18(30-15)26-23-10-11-5-1-4-8-14(11)27/h1-8,10,15,27H,9H2,(H,24,28)(H,25,26,29). The number of benzene rings is 2. The number of amides is 2. The Hall–Kier alpha value is -3.34. The minimum absolute atomic E-state index is 0.0123. The van der Waals surface area contributed by atoms with Crippen molar-refractivity contribution in [2.45, 2.75) is 17.8 Å². The number of rotatable bonds is 5. The molecule has 3 N–H and O–H groups in total. The Labute approximate surface area is 173 Å². The second-order valence-electron chi connectivity index (χ2n) is 6.10. The lowest BCUT2D eigenvalue weighted by molar-refractivity contribution is -0.137. The number of thioether (sulfide) groups is 1. The van der Waals surface area contributed by atoms with Gasteiger partial charge in [-0.15, -0.1) is 5.10 Å². The van der Waals surface area contributed by atoms with Gasteiger partial charge in [-0.2, -0.15) is 18.3 Å². The van der Waals surface area contributed by atoms with E-state index in [1.54, 1.807) is 18.2 Å². The van der Waals surface area contributed by atoms with E-state index < -0.39 is 28.8 Å². The third-order valence-corrected chi connectivity index (χ3v) is 5.01. The van der Waals surface area contributed by atoms with Gasteiger partial charge in [0.2, 0.25) is 11.8 Å². The van der Waals surface area contributed by atoms with Crippen molar-refractivity contribution in [1.82, 2.24) is 5.32 Å². The normalized spacial score (nSPS) is 18.0. The number of carbonyl (C=O) groups excluding carboxylic acids is 2. The summed E-state index contributed by atoms with van der Waals surface area (Å²) in [7, 11) is 0. The quantitative estimate of drug-likeness (QED) is 0.494. The van der Waals surface area contributed by atoms with E-state index >= 15 is 0 Å². The smallest absolute Gasteiger partial charge is 0.418 e. The molecule has 1 aliphatic heterocycles. The summed E-state index contributed by atoms with van der Waals surface area (Å²) < 4.78 is 39.1. The molecular weight excluding hydrogens is 421 g/mol. The number of amidine groups is 1. The number of nitrogens with zero attached hydrogens (tertiary/aromatic N) is 2. The van der Waals surface area contributed by atoms with E-state index in [2.05, 4.69) is 20.8 Å². The molecule has 1 fully saturated rings. The molecule has 2 aromatic carbocycles. The minimum Gasteiger partial charge on any atom is -0.507 e. The summed E-state index contributed by atoms with van der Waals surface area (Å²) in [6, 6.07) is 11.0. The van der Waals surface area contributed by atoms with Crippen LogP contribution in [0.15, 0.2) is 58.7 Å². The number of halogens is 3. The number of aromatic hydroxyl groups is 1. The van der Waals surface area contributed by atoms with Gasteiger partial charge in [-0.1, -0.05) is 36.0 Å². The van der Waals surface area contributed by atoms with Crippen LogP contribution in [-0.4, -0.2) is 33.6 Å². The Morgan fingerprint density at radius 1 is 1.20 bits per heavy atom. The van der Waals surface area contributed by atoms with Gasteiger partial charge < -0.3 is 15.7 Å². The van der Waals surface area contributed by atoms with Crippen LogP contribution in [0.1, 0.15) is 17.5 Å². The van der Waals surface area contributed by atoms with Gasteiger partial charge in [-0.3, -0.25) is 9.59 Å². The predicted octanol–water partition coefficient (Wildman–Crippen LogP) is 3.36. The van der Waals surface area contributed by atoms with Crippen LogP contribution in [0.5, 0.6) is 5.75 Å². The maximum absolute atomic E-state index is 13.0. The van der Waals surface area contributed by atoms with Crippen molar-refractivity contribution in [1.29, 1.82) is 0 Å². The molecular formula is C19H15F3N4O3S. The molecule has 1 heterocycles. The van der Waals surface area contributed by atoms with Crippen molar-refractivity contribution in [3.05, 3.63) is 59.7 Å². The average molecular weight is 436 g/mol. The van der Waals surface area contributed by atoms with Crippen molar-refractivity contribution < 1.29 is 27.9 Å². The summed E-state index contributed by atoms with van der Waals surface area (Å²) >= 11 is 0.937. The van der Waals surface area contributed by atoms with E-state index in [0.717, 1.165) is 23.9 Å². The van der Waals surface area contributed by atoms with Crippen molar-refractivity contribution in [3.63, 3.8) is 0 Å². The lowest BCUT2D eigenvalue weighted by Crippen LogP contribution is -2.28. The lowest BCUT2D eigenvalue weighted by Gasteiger charge is -2.14. The molecule has 7 nitrogen and oxygen atoms in total. The summed E-state index contributed by atoms with van der Waals surface area (Å²) in [5.74, 6) is -1.23. The number of phenolic OH excluding ortho intramolecular Hbond substituents is 1. The first-order valence-electron chi connectivity index (χ1n) is 8.56. The Morgan fingerprint density at radius 2 is 1.90 bits per heavy atom. The molecule has 1 atom stereocenters. The number of hydrogen-bond donors (Lipinski definition) is 3. The molecule has 2 aromatic rings. The van der Waals surface area contributed by atoms with Crippen LogP contribution in [0, 0.1) is 0 Å². The molecule has 2 amide bonds. The minimum atomic E-state index is -4.62. The van der Waals surface area contributed by atoms with Crippen LogP contribution in [0.25, 0.3) is 0 Å². The monoisotopic (exact) mass is 436 g/mol. The van der Waals surface area contributed by atoms with Crippen LogP contribution < -0.4 is 10.6 Å². The summed E-state index contributed by atoms with van der Waals surface area (Å²) in [4.78, 5) is 24.2. The first kappa shape index (κ1) is 21.4. The molecule has 0 aromatic heterocycles. The zero-order chi connectivity index (χ0) is 21.7. The Balaban J connectivity index is 1.61. The fourth-order valence-electron chi connectivity index (χ4n) is 2.54. The summed E-state index contributed by atoms with van der Waals surface area (Å²) in [6.45, 7) is 0. The van der Waals surface area contributed by atoms with E-state index in [9.17, 15) is 27.9 Å². The predicted molar refractivity (Wildman–Crippen MR) is 107 cm³/mol. The molecule has 0 bridgehead atoms. The average Bonchev–Trinajstić information content (AvgIpc) is 3.02. The Kier molecular flexibility index (Phi) is 6.40. The van der Waals surface area contributed by atoms with E-state index in [1.165, 1.54) is 24.4 Å². The summed E-state index contributed by atoms with van der Waals surface area (Å²) in [5, 5.41) is 21.2. The molecule has 30 heavy (non-hydrogen) atoms. The largest absolute Gasteiger partial charge is 0.507 e. The number of nitrogens with one attached hydrogen (secondary N) is 2. The molecule has 11 heteroatoms. The first-order chi connectivity index (χ1) is 14.2. The molecule has 1 unspecified atom stereocenters. The van der Waals surface area contributed by atoms with E-state index in [-0.39, 0.29) is 23.0 Å². The van der Waals surface area contributed by atoms with Crippen molar-refractivity contribution in [2.75, 3.05) is 5.32 Å². The zero-order valence-corrected chi connectivity index (χ0v) is 16.0. The summed E-state index contributed by atoms with van der Waals surface area (Å²) in [5.41, 5.74) is -0.919. The van der Waals surface area contributed by atoms with Crippen LogP contribution in [-0.2, 0) is 15.8 Å². The number of phenols is 1. The highest BCUT2D eigenvalue weighted by Gasteiger charge is 2.35. The molecule has 0 radical (unpaired) electrons. The van der Waals surface area contributed by atoms with Crippen LogP contribution in [0.3, 0.4) is 0 Å². The molecule has 0 spiro atoms. The molecule has 1 aliphatic rings. The van der Waals surface area contributed by atoms with Crippen LogP contribution in [0.4, 0.5) is 18.9 Å². The third-order valence-electron chi connectivity index (χ3n) is 3.94. The number of para-hydroxylation sites is 2. The maximum Gasteiger partial charge on any atom is 0.418 e. The van der Waals surface area contributed by atoms with Gasteiger partial charge in [0.1, 0.15) is 11.0 Å². The van der Waals surface area contributed by atoms with Gasteiger partial charge in [0.25, 0.3) is 0 Å². The Morgan fingerprint density at radius 3 is 2.63 bits per heavy atom. The van der Waals surface area contributed by atoms with E-state index in [4.69, 9.17) is 0 Å². The van der Waals surface area contributed by atoms with Crippen molar-refractivity contribution in [2.24, 2.45) is 10.2 Å². The van der Waals surface area contributed by atoms with E-state index in [0.29, 0.717) is 5.56 Å². The highest BCUT2D eigenvalue weighted by atomic mass is 32.2. The van der Waals surface area contributed by atoms with Gasteiger partial charge in [0.05, 0.1) is 17.5 Å². The molecule has 0 aliphatic carbocycles. The van der Waals surface area contributed by atoms with Gasteiger partial charge in [0.15, 0.2) is 5.17 Å². The highest BCUT2D eigenvalue weighted by Crippen LogP contribution is 2.34. The lowest BCUT2D eigenvalue weighted by atomic mass is 10.1. The van der Waals surface area contributed by atoms with Crippen LogP contribution in [0.2, 0.25) is 0 Å². The number of hydrogen-bond acceptors (Lipinski definition) is 6. The van der Waals surface area contributed by atoms with Gasteiger partial charge in [-0.05, 0) is 24.3 Å². The third kappa shape index (κ3) is 5.38. The zero-order valence-electron chi connectivity index (χ0n) is 15.2. The molecule has 3 rings (SSSR count). The number of anilines is 1.